The lowest BCUT2D eigenvalue weighted by Gasteiger charge is -2.31. The summed E-state index contributed by atoms with van der Waals surface area (Å²) in [6.45, 7) is 3.37. The van der Waals surface area contributed by atoms with Gasteiger partial charge < -0.3 is 14.8 Å². The number of hydrogen-bond donors (Lipinski definition) is 1. The van der Waals surface area contributed by atoms with Crippen LogP contribution in [-0.4, -0.2) is 45.4 Å². The Labute approximate surface area is 178 Å². The van der Waals surface area contributed by atoms with E-state index in [2.05, 4.69) is 5.32 Å². The number of benzene rings is 2. The molecule has 1 N–H and O–H groups in total. The third-order valence-electron chi connectivity index (χ3n) is 5.13. The molecule has 1 saturated heterocycles. The highest BCUT2D eigenvalue weighted by Gasteiger charge is 2.33. The third kappa shape index (κ3) is 5.12. The second-order valence-corrected chi connectivity index (χ2v) is 9.09. The molecule has 2 aromatic rings. The third-order valence-corrected chi connectivity index (χ3v) is 7.01. The molecule has 0 spiro atoms. The fraction of sp³-hybridized carbons (Fsp3) is 0.409. The van der Waals surface area contributed by atoms with Crippen molar-refractivity contribution in [2.24, 2.45) is 5.92 Å². The number of rotatable bonds is 8. The number of carbonyl (C=O) groups excluding carboxylic acids is 1. The number of hydrogen-bond acceptors (Lipinski definition) is 5. The Kier molecular flexibility index (Phi) is 7.33. The summed E-state index contributed by atoms with van der Waals surface area (Å²) >= 11 is 0. The van der Waals surface area contributed by atoms with Gasteiger partial charge in [0.25, 0.3) is 0 Å². The van der Waals surface area contributed by atoms with Gasteiger partial charge in [-0.15, -0.1) is 0 Å². The molecular weight excluding hydrogens is 404 g/mol. The van der Waals surface area contributed by atoms with Gasteiger partial charge in [-0.1, -0.05) is 24.3 Å². The molecule has 1 amide bonds. The largest absolute Gasteiger partial charge is 0.493 e. The smallest absolute Gasteiger partial charge is 0.243 e. The van der Waals surface area contributed by atoms with Crippen molar-refractivity contribution >= 4 is 15.9 Å². The van der Waals surface area contributed by atoms with Gasteiger partial charge >= 0.3 is 0 Å². The molecule has 2 aromatic carbocycles. The van der Waals surface area contributed by atoms with E-state index in [-0.39, 0.29) is 23.3 Å². The van der Waals surface area contributed by atoms with Crippen molar-refractivity contribution in [3.63, 3.8) is 0 Å². The Balaban J connectivity index is 1.63. The van der Waals surface area contributed by atoms with Gasteiger partial charge in [0.05, 0.1) is 24.5 Å². The summed E-state index contributed by atoms with van der Waals surface area (Å²) in [4.78, 5) is 13.0. The van der Waals surface area contributed by atoms with Crippen LogP contribution < -0.4 is 14.8 Å². The molecule has 162 valence electrons. The highest BCUT2D eigenvalue weighted by Crippen LogP contribution is 2.28. The van der Waals surface area contributed by atoms with Crippen LogP contribution in [-0.2, 0) is 21.4 Å². The van der Waals surface area contributed by atoms with Gasteiger partial charge in [-0.3, -0.25) is 4.79 Å². The predicted molar refractivity (Wildman–Crippen MR) is 114 cm³/mol. The van der Waals surface area contributed by atoms with Gasteiger partial charge in [0.1, 0.15) is 0 Å². The van der Waals surface area contributed by atoms with Crippen LogP contribution in [0.15, 0.2) is 53.4 Å². The zero-order valence-corrected chi connectivity index (χ0v) is 18.2. The second kappa shape index (κ2) is 9.95. The lowest BCUT2D eigenvalue weighted by Crippen LogP contribution is -2.45. The monoisotopic (exact) mass is 432 g/mol. The van der Waals surface area contributed by atoms with Crippen molar-refractivity contribution in [3.8, 4) is 11.5 Å². The van der Waals surface area contributed by atoms with E-state index >= 15 is 0 Å². The van der Waals surface area contributed by atoms with Crippen LogP contribution in [0.4, 0.5) is 0 Å². The number of methoxy groups -OCH3 is 1. The lowest BCUT2D eigenvalue weighted by atomic mass is 9.98. The SMILES string of the molecule is CCOc1cc(CNC(=O)[C@@H]2CCCN(S(=O)(=O)c3ccccc3)C2)ccc1OC. The minimum absolute atomic E-state index is 0.142. The molecular formula is C22H28N2O5S. The standard InChI is InChI=1S/C22H28N2O5S/c1-3-29-21-14-17(11-12-20(21)28-2)15-23-22(25)18-8-7-13-24(16-18)30(26,27)19-9-5-4-6-10-19/h4-6,9-12,14,18H,3,7-8,13,15-16H2,1-2H3,(H,23,25)/t18-/m1/s1. The van der Waals surface area contributed by atoms with E-state index in [0.29, 0.717) is 44.0 Å². The van der Waals surface area contributed by atoms with Crippen LogP contribution in [0.25, 0.3) is 0 Å². The molecule has 0 aromatic heterocycles. The summed E-state index contributed by atoms with van der Waals surface area (Å²) < 4.78 is 38.0. The fourth-order valence-electron chi connectivity index (χ4n) is 3.55. The van der Waals surface area contributed by atoms with Crippen LogP contribution in [0.3, 0.4) is 0 Å². The van der Waals surface area contributed by atoms with E-state index in [1.807, 2.05) is 19.1 Å². The fourth-order valence-corrected chi connectivity index (χ4v) is 5.09. The van der Waals surface area contributed by atoms with Crippen molar-refractivity contribution in [2.75, 3.05) is 26.8 Å². The maximum atomic E-state index is 12.9. The van der Waals surface area contributed by atoms with E-state index in [1.54, 1.807) is 43.5 Å². The van der Waals surface area contributed by atoms with Gasteiger partial charge in [0.2, 0.25) is 15.9 Å². The van der Waals surface area contributed by atoms with Crippen LogP contribution in [0, 0.1) is 5.92 Å². The Morgan fingerprint density at radius 2 is 1.93 bits per heavy atom. The second-order valence-electron chi connectivity index (χ2n) is 7.15. The van der Waals surface area contributed by atoms with Crippen molar-refractivity contribution in [1.82, 2.24) is 9.62 Å². The van der Waals surface area contributed by atoms with Gasteiger partial charge in [-0.25, -0.2) is 8.42 Å². The van der Waals surface area contributed by atoms with Gasteiger partial charge in [0.15, 0.2) is 11.5 Å². The molecule has 1 aliphatic heterocycles. The average Bonchev–Trinajstić information content (AvgIpc) is 2.78. The molecule has 0 saturated carbocycles. The number of amides is 1. The predicted octanol–water partition coefficient (Wildman–Crippen LogP) is 2.81. The van der Waals surface area contributed by atoms with Crippen LogP contribution in [0.5, 0.6) is 11.5 Å². The van der Waals surface area contributed by atoms with Crippen LogP contribution in [0.2, 0.25) is 0 Å². The quantitative estimate of drug-likeness (QED) is 0.693. The molecule has 1 aliphatic rings. The Hall–Kier alpha value is -2.58. The maximum Gasteiger partial charge on any atom is 0.243 e. The zero-order valence-electron chi connectivity index (χ0n) is 17.3. The van der Waals surface area contributed by atoms with E-state index in [9.17, 15) is 13.2 Å². The molecule has 0 unspecified atom stereocenters. The molecule has 30 heavy (non-hydrogen) atoms. The first-order valence-corrected chi connectivity index (χ1v) is 11.5. The van der Waals surface area contributed by atoms with Crippen molar-refractivity contribution < 1.29 is 22.7 Å². The average molecular weight is 433 g/mol. The van der Waals surface area contributed by atoms with Crippen molar-refractivity contribution in [1.29, 1.82) is 0 Å². The van der Waals surface area contributed by atoms with Crippen molar-refractivity contribution in [3.05, 3.63) is 54.1 Å². The van der Waals surface area contributed by atoms with Gasteiger partial charge in [0, 0.05) is 19.6 Å². The number of piperidine rings is 1. The molecule has 0 bridgehead atoms. The van der Waals surface area contributed by atoms with E-state index < -0.39 is 10.0 Å². The zero-order chi connectivity index (χ0) is 21.6. The molecule has 1 fully saturated rings. The molecule has 1 heterocycles. The number of nitrogens with zero attached hydrogens (tertiary/aromatic N) is 1. The highest BCUT2D eigenvalue weighted by atomic mass is 32.2. The molecule has 3 rings (SSSR count). The summed E-state index contributed by atoms with van der Waals surface area (Å²) in [5.74, 6) is 0.754. The summed E-state index contributed by atoms with van der Waals surface area (Å²) in [7, 11) is -2.01. The maximum absolute atomic E-state index is 12.9. The Morgan fingerprint density at radius 1 is 1.17 bits per heavy atom. The summed E-state index contributed by atoms with van der Waals surface area (Å²) in [5.41, 5.74) is 0.886. The van der Waals surface area contributed by atoms with Gasteiger partial charge in [-0.2, -0.15) is 4.31 Å². The number of nitrogens with one attached hydrogen (secondary N) is 1. The first-order valence-electron chi connectivity index (χ1n) is 10.1. The topological polar surface area (TPSA) is 84.9 Å². The Bertz CT molecular complexity index is 963. The van der Waals surface area contributed by atoms with Crippen LogP contribution >= 0.6 is 0 Å². The van der Waals surface area contributed by atoms with E-state index in [0.717, 1.165) is 5.56 Å². The Morgan fingerprint density at radius 3 is 2.63 bits per heavy atom. The van der Waals surface area contributed by atoms with Crippen molar-refractivity contribution in [2.45, 2.75) is 31.2 Å². The molecule has 1 atom stereocenters. The number of sulfonamides is 1. The summed E-state index contributed by atoms with van der Waals surface area (Å²) in [6, 6.07) is 13.9. The van der Waals surface area contributed by atoms with Crippen LogP contribution in [0.1, 0.15) is 25.3 Å². The highest BCUT2D eigenvalue weighted by molar-refractivity contribution is 7.89. The normalized spacial score (nSPS) is 17.3. The summed E-state index contributed by atoms with van der Waals surface area (Å²) in [5, 5.41) is 2.93. The number of ether oxygens (including phenoxy) is 2. The van der Waals surface area contributed by atoms with E-state index in [4.69, 9.17) is 9.47 Å². The first-order chi connectivity index (χ1) is 14.5. The number of carbonyl (C=O) groups is 1. The molecule has 7 nitrogen and oxygen atoms in total. The minimum Gasteiger partial charge on any atom is -0.493 e. The lowest BCUT2D eigenvalue weighted by molar-refractivity contribution is -0.126. The molecule has 0 radical (unpaired) electrons. The first kappa shape index (κ1) is 22.1. The summed E-state index contributed by atoms with van der Waals surface area (Å²) in [6.07, 6.45) is 1.32. The molecule has 8 heteroatoms. The molecule has 0 aliphatic carbocycles. The van der Waals surface area contributed by atoms with E-state index in [1.165, 1.54) is 4.31 Å². The minimum atomic E-state index is -3.59. The van der Waals surface area contributed by atoms with Gasteiger partial charge in [-0.05, 0) is 49.6 Å².